The summed E-state index contributed by atoms with van der Waals surface area (Å²) in [4.78, 5) is 2.53. The van der Waals surface area contributed by atoms with E-state index in [2.05, 4.69) is 267 Å². The standard InChI is InChI=1S/C65H47N/c1-63(2)57-32-18-15-31-53(57)56-41-48(37-40-58(56)63)66(49-35-38-54-51-29-16-19-33-59(51)64(61(54)42-49,44-21-7-3-8-22-44)45-23-9-4-10-24-45)50-36-39-55-52-30-17-20-34-60(52)65(62(55)43-50,46-25-11-5-12-26-46)47-27-13-6-14-28-47/h3-43H,1-2H3. The summed E-state index contributed by atoms with van der Waals surface area (Å²) in [5, 5.41) is 0. The van der Waals surface area contributed by atoms with Crippen LogP contribution in [-0.2, 0) is 16.2 Å². The Kier molecular flexibility index (Phi) is 8.45. The minimum atomic E-state index is -0.535. The first-order valence-corrected chi connectivity index (χ1v) is 23.3. The second-order valence-electron chi connectivity index (χ2n) is 18.8. The average Bonchev–Trinajstić information content (AvgIpc) is 3.94. The van der Waals surface area contributed by atoms with Gasteiger partial charge in [0.15, 0.2) is 0 Å². The van der Waals surface area contributed by atoms with Crippen LogP contribution in [0.1, 0.15) is 69.5 Å². The Bertz CT molecular complexity index is 3230. The SMILES string of the molecule is CC1(C)c2ccccc2-c2cc(N(c3ccc4c(c3)C(c3ccccc3)(c3ccccc3)c3ccccc3-4)c3ccc4c(c3)C(c3ccccc3)(c3ccccc3)c3ccccc3-4)ccc21. The van der Waals surface area contributed by atoms with Crippen molar-refractivity contribution in [2.75, 3.05) is 4.90 Å². The molecule has 3 aliphatic carbocycles. The molecule has 0 radical (unpaired) electrons. The Hall–Kier alpha value is -8.00. The van der Waals surface area contributed by atoms with E-state index in [0.717, 1.165) is 17.1 Å². The third-order valence-corrected chi connectivity index (χ3v) is 15.2. The molecule has 0 aromatic heterocycles. The summed E-state index contributed by atoms with van der Waals surface area (Å²) in [6.07, 6.45) is 0. The van der Waals surface area contributed by atoms with Crippen molar-refractivity contribution >= 4 is 17.1 Å². The molecule has 66 heavy (non-hydrogen) atoms. The van der Waals surface area contributed by atoms with E-state index >= 15 is 0 Å². The van der Waals surface area contributed by atoms with Crippen LogP contribution in [0.3, 0.4) is 0 Å². The molecule has 13 rings (SSSR count). The zero-order valence-electron chi connectivity index (χ0n) is 37.1. The predicted molar refractivity (Wildman–Crippen MR) is 273 cm³/mol. The Morgan fingerprint density at radius 3 is 0.970 bits per heavy atom. The van der Waals surface area contributed by atoms with Gasteiger partial charge < -0.3 is 4.90 Å². The molecule has 0 heterocycles. The number of benzene rings is 10. The fourth-order valence-corrected chi connectivity index (χ4v) is 12.4. The van der Waals surface area contributed by atoms with E-state index in [1.54, 1.807) is 0 Å². The first kappa shape index (κ1) is 38.5. The van der Waals surface area contributed by atoms with Gasteiger partial charge in [0, 0.05) is 22.5 Å². The quantitative estimate of drug-likeness (QED) is 0.155. The fraction of sp³-hybridized carbons (Fsp3) is 0.0769. The zero-order valence-corrected chi connectivity index (χ0v) is 37.1. The lowest BCUT2D eigenvalue weighted by molar-refractivity contribution is 0.660. The van der Waals surface area contributed by atoms with Crippen LogP contribution in [0.15, 0.2) is 249 Å². The second-order valence-corrected chi connectivity index (χ2v) is 18.8. The van der Waals surface area contributed by atoms with Gasteiger partial charge in [-0.25, -0.2) is 0 Å². The van der Waals surface area contributed by atoms with Crippen LogP contribution in [0.4, 0.5) is 17.1 Å². The summed E-state index contributed by atoms with van der Waals surface area (Å²) >= 11 is 0. The summed E-state index contributed by atoms with van der Waals surface area (Å²) < 4.78 is 0. The van der Waals surface area contributed by atoms with Gasteiger partial charge in [-0.2, -0.15) is 0 Å². The maximum atomic E-state index is 2.53. The highest BCUT2D eigenvalue weighted by Gasteiger charge is 2.48. The van der Waals surface area contributed by atoms with E-state index < -0.39 is 10.8 Å². The van der Waals surface area contributed by atoms with E-state index in [0.29, 0.717) is 0 Å². The van der Waals surface area contributed by atoms with Gasteiger partial charge in [-0.15, -0.1) is 0 Å². The minimum absolute atomic E-state index is 0.107. The Morgan fingerprint density at radius 1 is 0.242 bits per heavy atom. The molecule has 0 amide bonds. The molecular formula is C65H47N. The molecule has 312 valence electrons. The first-order valence-electron chi connectivity index (χ1n) is 23.3. The van der Waals surface area contributed by atoms with Gasteiger partial charge in [-0.1, -0.05) is 226 Å². The summed E-state index contributed by atoms with van der Waals surface area (Å²) in [7, 11) is 0. The fourth-order valence-electron chi connectivity index (χ4n) is 12.4. The average molecular weight is 842 g/mol. The van der Waals surface area contributed by atoms with Crippen molar-refractivity contribution in [3.63, 3.8) is 0 Å². The van der Waals surface area contributed by atoms with Crippen molar-refractivity contribution in [1.29, 1.82) is 0 Å². The number of nitrogens with zero attached hydrogens (tertiary/aromatic N) is 1. The van der Waals surface area contributed by atoms with Crippen LogP contribution in [0.25, 0.3) is 33.4 Å². The lowest BCUT2D eigenvalue weighted by Gasteiger charge is -2.36. The van der Waals surface area contributed by atoms with Crippen LogP contribution < -0.4 is 4.90 Å². The topological polar surface area (TPSA) is 3.24 Å². The molecule has 0 unspecified atom stereocenters. The number of anilines is 3. The van der Waals surface area contributed by atoms with Crippen molar-refractivity contribution in [3.8, 4) is 33.4 Å². The molecule has 0 N–H and O–H groups in total. The molecule has 10 aromatic rings. The lowest BCUT2D eigenvalue weighted by Crippen LogP contribution is -2.29. The number of hydrogen-bond acceptors (Lipinski definition) is 1. The van der Waals surface area contributed by atoms with Crippen LogP contribution >= 0.6 is 0 Å². The van der Waals surface area contributed by atoms with E-state index in [9.17, 15) is 0 Å². The molecule has 0 saturated carbocycles. The lowest BCUT2D eigenvalue weighted by atomic mass is 9.67. The molecule has 1 heteroatoms. The normalized spacial score (nSPS) is 14.9. The van der Waals surface area contributed by atoms with Gasteiger partial charge in [-0.05, 0) is 125 Å². The highest BCUT2D eigenvalue weighted by atomic mass is 15.1. The molecule has 1 nitrogen and oxygen atoms in total. The number of rotatable bonds is 7. The van der Waals surface area contributed by atoms with Gasteiger partial charge in [-0.3, -0.25) is 0 Å². The molecule has 0 aliphatic heterocycles. The summed E-state index contributed by atoms with van der Waals surface area (Å²) in [5.41, 5.74) is 22.8. The van der Waals surface area contributed by atoms with Crippen LogP contribution in [0.5, 0.6) is 0 Å². The molecule has 10 aromatic carbocycles. The zero-order chi connectivity index (χ0) is 44.0. The maximum Gasteiger partial charge on any atom is 0.0714 e. The van der Waals surface area contributed by atoms with E-state index in [1.165, 1.54) is 89.0 Å². The molecule has 0 atom stereocenters. The van der Waals surface area contributed by atoms with Crippen LogP contribution in [0, 0.1) is 0 Å². The van der Waals surface area contributed by atoms with Crippen molar-refractivity contribution in [2.24, 2.45) is 0 Å². The van der Waals surface area contributed by atoms with Crippen molar-refractivity contribution in [3.05, 3.63) is 304 Å². The molecule has 3 aliphatic rings. The maximum absolute atomic E-state index is 2.53. The van der Waals surface area contributed by atoms with Crippen molar-refractivity contribution < 1.29 is 0 Å². The van der Waals surface area contributed by atoms with Crippen molar-refractivity contribution in [1.82, 2.24) is 0 Å². The Balaban J connectivity index is 1.11. The highest BCUT2D eigenvalue weighted by Crippen LogP contribution is 2.60. The van der Waals surface area contributed by atoms with E-state index in [-0.39, 0.29) is 5.41 Å². The molecule has 0 bridgehead atoms. The Labute approximate surface area is 388 Å². The number of fused-ring (bicyclic) bond motifs is 9. The van der Waals surface area contributed by atoms with Gasteiger partial charge in [0.05, 0.1) is 10.8 Å². The molecule has 0 fully saturated rings. The summed E-state index contributed by atoms with van der Waals surface area (Å²) in [6.45, 7) is 4.73. The minimum Gasteiger partial charge on any atom is -0.310 e. The highest BCUT2D eigenvalue weighted by molar-refractivity contribution is 5.93. The third-order valence-electron chi connectivity index (χ3n) is 15.2. The van der Waals surface area contributed by atoms with E-state index in [1.807, 2.05) is 0 Å². The van der Waals surface area contributed by atoms with E-state index in [4.69, 9.17) is 0 Å². The molecular weight excluding hydrogens is 795 g/mol. The third kappa shape index (κ3) is 5.23. The van der Waals surface area contributed by atoms with Crippen LogP contribution in [0.2, 0.25) is 0 Å². The van der Waals surface area contributed by atoms with Crippen LogP contribution in [-0.4, -0.2) is 0 Å². The smallest absolute Gasteiger partial charge is 0.0714 e. The Morgan fingerprint density at radius 2 is 0.545 bits per heavy atom. The first-order chi connectivity index (χ1) is 32.5. The van der Waals surface area contributed by atoms with Gasteiger partial charge in [0.2, 0.25) is 0 Å². The summed E-state index contributed by atoms with van der Waals surface area (Å²) in [6, 6.07) is 93.3. The van der Waals surface area contributed by atoms with Gasteiger partial charge >= 0.3 is 0 Å². The predicted octanol–water partition coefficient (Wildman–Crippen LogP) is 16.2. The van der Waals surface area contributed by atoms with Crippen molar-refractivity contribution in [2.45, 2.75) is 30.1 Å². The number of hydrogen-bond donors (Lipinski definition) is 0. The molecule has 0 spiro atoms. The van der Waals surface area contributed by atoms with Gasteiger partial charge in [0.25, 0.3) is 0 Å². The monoisotopic (exact) mass is 841 g/mol. The van der Waals surface area contributed by atoms with Gasteiger partial charge in [0.1, 0.15) is 0 Å². The summed E-state index contributed by atoms with van der Waals surface area (Å²) in [5.74, 6) is 0. The largest absolute Gasteiger partial charge is 0.310 e. The second kappa shape index (κ2) is 14.5. The molecule has 0 saturated heterocycles.